The summed E-state index contributed by atoms with van der Waals surface area (Å²) in [5, 5.41) is 7.16. The lowest BCUT2D eigenvalue weighted by atomic mass is 10.1. The van der Waals surface area contributed by atoms with E-state index >= 15 is 0 Å². The van der Waals surface area contributed by atoms with E-state index in [2.05, 4.69) is 15.4 Å². The van der Waals surface area contributed by atoms with Crippen molar-refractivity contribution in [3.05, 3.63) is 87.6 Å². The van der Waals surface area contributed by atoms with Crippen LogP contribution in [0.3, 0.4) is 0 Å². The Morgan fingerprint density at radius 1 is 1.24 bits per heavy atom. The van der Waals surface area contributed by atoms with Gasteiger partial charge in [0.25, 0.3) is 11.5 Å². The summed E-state index contributed by atoms with van der Waals surface area (Å²) in [6.07, 6.45) is 3.53. The minimum atomic E-state index is -0.398. The molecule has 2 N–H and O–H groups in total. The molecule has 0 aliphatic rings. The second kappa shape index (κ2) is 7.17. The Morgan fingerprint density at radius 2 is 2.00 bits per heavy atom. The SMILES string of the molecule is Cc1cc(C(=O)NC(Cn2cccn2)c2ccccc2)c(=O)[nH]c1C. The Kier molecular flexibility index (Phi) is 4.79. The van der Waals surface area contributed by atoms with Gasteiger partial charge in [-0.3, -0.25) is 14.3 Å². The molecule has 3 aromatic rings. The van der Waals surface area contributed by atoms with Crippen molar-refractivity contribution >= 4 is 5.91 Å². The van der Waals surface area contributed by atoms with Gasteiger partial charge in [-0.2, -0.15) is 5.10 Å². The van der Waals surface area contributed by atoms with E-state index in [9.17, 15) is 9.59 Å². The number of benzene rings is 1. The van der Waals surface area contributed by atoms with Crippen molar-refractivity contribution < 1.29 is 4.79 Å². The number of aromatic amines is 1. The second-order valence-electron chi connectivity index (χ2n) is 5.98. The quantitative estimate of drug-likeness (QED) is 0.750. The topological polar surface area (TPSA) is 79.8 Å². The molecule has 0 saturated carbocycles. The molecular formula is C19H20N4O2. The lowest BCUT2D eigenvalue weighted by Gasteiger charge is -2.19. The molecule has 0 aliphatic heterocycles. The third-order valence-electron chi connectivity index (χ3n) is 4.18. The van der Waals surface area contributed by atoms with E-state index in [4.69, 9.17) is 0 Å². The van der Waals surface area contributed by atoms with Crippen molar-refractivity contribution in [2.45, 2.75) is 26.4 Å². The Hall–Kier alpha value is -3.15. The van der Waals surface area contributed by atoms with Crippen LogP contribution in [0.15, 0.2) is 59.7 Å². The molecule has 2 heterocycles. The van der Waals surface area contributed by atoms with Crippen LogP contribution in [-0.2, 0) is 6.54 Å². The molecule has 1 aromatic carbocycles. The fraction of sp³-hybridized carbons (Fsp3) is 0.211. The van der Waals surface area contributed by atoms with Crippen LogP contribution in [0, 0.1) is 13.8 Å². The third kappa shape index (κ3) is 3.85. The first-order valence-corrected chi connectivity index (χ1v) is 8.08. The fourth-order valence-corrected chi connectivity index (χ4v) is 2.65. The Labute approximate surface area is 145 Å². The average molecular weight is 336 g/mol. The highest BCUT2D eigenvalue weighted by Crippen LogP contribution is 2.15. The standard InChI is InChI=1S/C19H20N4O2/c1-13-11-16(18(24)21-14(13)2)19(25)22-17(12-23-10-6-9-20-23)15-7-4-3-5-8-15/h3-11,17H,12H2,1-2H3,(H,21,24)(H,22,25). The third-order valence-corrected chi connectivity index (χ3v) is 4.18. The van der Waals surface area contributed by atoms with Gasteiger partial charge < -0.3 is 10.3 Å². The summed E-state index contributed by atoms with van der Waals surface area (Å²) >= 11 is 0. The van der Waals surface area contributed by atoms with Crippen molar-refractivity contribution in [1.29, 1.82) is 0 Å². The molecule has 1 unspecified atom stereocenters. The number of aromatic nitrogens is 3. The van der Waals surface area contributed by atoms with Crippen molar-refractivity contribution in [2.75, 3.05) is 0 Å². The van der Waals surface area contributed by atoms with Gasteiger partial charge in [0.15, 0.2) is 0 Å². The van der Waals surface area contributed by atoms with Gasteiger partial charge >= 0.3 is 0 Å². The molecule has 0 fully saturated rings. The highest BCUT2D eigenvalue weighted by atomic mass is 16.2. The van der Waals surface area contributed by atoms with E-state index in [0.717, 1.165) is 16.8 Å². The van der Waals surface area contributed by atoms with Crippen molar-refractivity contribution in [3.8, 4) is 0 Å². The number of amides is 1. The molecule has 2 aromatic heterocycles. The number of hydrogen-bond donors (Lipinski definition) is 2. The number of carbonyl (C=O) groups excluding carboxylic acids is 1. The number of aryl methyl sites for hydroxylation is 2. The van der Waals surface area contributed by atoms with E-state index in [0.29, 0.717) is 6.54 Å². The first-order chi connectivity index (χ1) is 12.0. The number of rotatable bonds is 5. The summed E-state index contributed by atoms with van der Waals surface area (Å²) in [7, 11) is 0. The van der Waals surface area contributed by atoms with Gasteiger partial charge in [0, 0.05) is 18.1 Å². The number of H-pyrrole nitrogens is 1. The number of pyridine rings is 1. The van der Waals surface area contributed by atoms with Crippen molar-refractivity contribution in [2.24, 2.45) is 0 Å². The highest BCUT2D eigenvalue weighted by Gasteiger charge is 2.19. The van der Waals surface area contributed by atoms with E-state index in [1.165, 1.54) is 0 Å². The lowest BCUT2D eigenvalue weighted by molar-refractivity contribution is 0.0930. The van der Waals surface area contributed by atoms with Crippen molar-refractivity contribution in [3.63, 3.8) is 0 Å². The minimum Gasteiger partial charge on any atom is -0.343 e. The van der Waals surface area contributed by atoms with Crippen LogP contribution >= 0.6 is 0 Å². The Morgan fingerprint density at radius 3 is 2.68 bits per heavy atom. The average Bonchev–Trinajstić information content (AvgIpc) is 3.11. The molecule has 25 heavy (non-hydrogen) atoms. The summed E-state index contributed by atoms with van der Waals surface area (Å²) in [5.41, 5.74) is 2.31. The zero-order chi connectivity index (χ0) is 17.8. The summed E-state index contributed by atoms with van der Waals surface area (Å²) in [6.45, 7) is 4.15. The molecule has 0 spiro atoms. The fourth-order valence-electron chi connectivity index (χ4n) is 2.65. The van der Waals surface area contributed by atoms with Crippen LogP contribution in [0.5, 0.6) is 0 Å². The molecule has 0 radical (unpaired) electrons. The van der Waals surface area contributed by atoms with Crippen LogP contribution in [-0.4, -0.2) is 20.7 Å². The predicted molar refractivity (Wildman–Crippen MR) is 95.4 cm³/mol. The van der Waals surface area contributed by atoms with Gasteiger partial charge in [-0.05, 0) is 37.1 Å². The summed E-state index contributed by atoms with van der Waals surface area (Å²) in [4.78, 5) is 27.5. The van der Waals surface area contributed by atoms with Crippen LogP contribution in [0.1, 0.15) is 33.2 Å². The van der Waals surface area contributed by atoms with Gasteiger partial charge in [0.2, 0.25) is 0 Å². The first-order valence-electron chi connectivity index (χ1n) is 8.08. The van der Waals surface area contributed by atoms with E-state index in [1.54, 1.807) is 16.9 Å². The van der Waals surface area contributed by atoms with Gasteiger partial charge in [-0.1, -0.05) is 30.3 Å². The molecule has 3 rings (SSSR count). The number of nitrogens with zero attached hydrogens (tertiary/aromatic N) is 2. The van der Waals surface area contributed by atoms with Gasteiger partial charge in [-0.25, -0.2) is 0 Å². The summed E-state index contributed by atoms with van der Waals surface area (Å²) < 4.78 is 1.75. The van der Waals surface area contributed by atoms with E-state index in [1.807, 2.05) is 56.4 Å². The second-order valence-corrected chi connectivity index (χ2v) is 5.98. The summed E-state index contributed by atoms with van der Waals surface area (Å²) in [5.74, 6) is -0.398. The normalized spacial score (nSPS) is 11.9. The predicted octanol–water partition coefficient (Wildman–Crippen LogP) is 2.36. The van der Waals surface area contributed by atoms with Crippen molar-refractivity contribution in [1.82, 2.24) is 20.1 Å². The first kappa shape index (κ1) is 16.7. The van der Waals surface area contributed by atoms with Crippen LogP contribution in [0.25, 0.3) is 0 Å². The molecule has 1 amide bonds. The zero-order valence-corrected chi connectivity index (χ0v) is 14.2. The molecule has 6 nitrogen and oxygen atoms in total. The van der Waals surface area contributed by atoms with Crippen LogP contribution in [0.4, 0.5) is 0 Å². The zero-order valence-electron chi connectivity index (χ0n) is 14.2. The number of nitrogens with one attached hydrogen (secondary N) is 2. The molecule has 0 saturated heterocycles. The minimum absolute atomic E-state index is 0.115. The van der Waals surface area contributed by atoms with Crippen LogP contribution < -0.4 is 10.9 Å². The maximum absolute atomic E-state index is 12.7. The molecule has 128 valence electrons. The maximum Gasteiger partial charge on any atom is 0.261 e. The van der Waals surface area contributed by atoms with Crippen LogP contribution in [0.2, 0.25) is 0 Å². The molecule has 6 heteroatoms. The lowest BCUT2D eigenvalue weighted by Crippen LogP contribution is -2.35. The van der Waals surface area contributed by atoms with Gasteiger partial charge in [0.05, 0.1) is 12.6 Å². The number of carbonyl (C=O) groups is 1. The monoisotopic (exact) mass is 336 g/mol. The maximum atomic E-state index is 12.7. The van der Waals surface area contributed by atoms with E-state index < -0.39 is 5.91 Å². The molecule has 0 bridgehead atoms. The molecule has 1 atom stereocenters. The van der Waals surface area contributed by atoms with Gasteiger partial charge in [-0.15, -0.1) is 0 Å². The largest absolute Gasteiger partial charge is 0.343 e. The molecular weight excluding hydrogens is 316 g/mol. The number of hydrogen-bond acceptors (Lipinski definition) is 3. The highest BCUT2D eigenvalue weighted by molar-refractivity contribution is 5.94. The molecule has 0 aliphatic carbocycles. The van der Waals surface area contributed by atoms with E-state index in [-0.39, 0.29) is 17.2 Å². The van der Waals surface area contributed by atoms with Gasteiger partial charge in [0.1, 0.15) is 5.56 Å². The Bertz CT molecular complexity index is 914. The summed E-state index contributed by atoms with van der Waals surface area (Å²) in [6, 6.07) is 12.8. The smallest absolute Gasteiger partial charge is 0.261 e. The Balaban J connectivity index is 1.88.